The van der Waals surface area contributed by atoms with Crippen molar-refractivity contribution in [1.82, 2.24) is 9.97 Å². The summed E-state index contributed by atoms with van der Waals surface area (Å²) in [4.78, 5) is 19.3. The van der Waals surface area contributed by atoms with Crippen molar-refractivity contribution in [2.24, 2.45) is 5.73 Å². The Morgan fingerprint density at radius 1 is 1.24 bits per heavy atom. The number of hydrogen-bond acceptors (Lipinski definition) is 4. The van der Waals surface area contributed by atoms with E-state index in [0.717, 1.165) is 5.56 Å². The molecule has 5 heteroatoms. The van der Waals surface area contributed by atoms with E-state index in [9.17, 15) is 4.79 Å². The van der Waals surface area contributed by atoms with Crippen molar-refractivity contribution in [1.29, 1.82) is 0 Å². The average molecular weight is 229 g/mol. The highest BCUT2D eigenvalue weighted by Gasteiger charge is 2.09. The minimum atomic E-state index is -0.476. The standard InChI is InChI=1S/C12H11N3O2/c1-17-12-14-6-8(7-15-12)9-4-2-3-5-10(9)11(13)16/h2-7H,1H3,(H2,13,16). The van der Waals surface area contributed by atoms with Gasteiger partial charge in [0.2, 0.25) is 5.91 Å². The highest BCUT2D eigenvalue weighted by Crippen LogP contribution is 2.22. The molecule has 0 saturated heterocycles. The van der Waals surface area contributed by atoms with Crippen LogP contribution in [-0.4, -0.2) is 23.0 Å². The fraction of sp³-hybridized carbons (Fsp3) is 0.0833. The zero-order valence-corrected chi connectivity index (χ0v) is 9.25. The average Bonchev–Trinajstić information content (AvgIpc) is 2.39. The molecule has 0 atom stereocenters. The van der Waals surface area contributed by atoms with Gasteiger partial charge in [-0.3, -0.25) is 4.79 Å². The summed E-state index contributed by atoms with van der Waals surface area (Å²) in [7, 11) is 1.49. The van der Waals surface area contributed by atoms with Gasteiger partial charge in [0.05, 0.1) is 7.11 Å². The van der Waals surface area contributed by atoms with Crippen molar-refractivity contribution in [3.05, 3.63) is 42.2 Å². The van der Waals surface area contributed by atoms with E-state index in [1.807, 2.05) is 6.07 Å². The van der Waals surface area contributed by atoms with Crippen LogP contribution in [0.2, 0.25) is 0 Å². The first-order chi connectivity index (χ1) is 8.22. The maximum absolute atomic E-state index is 11.3. The second kappa shape index (κ2) is 4.61. The second-order valence-corrected chi connectivity index (χ2v) is 3.37. The number of benzene rings is 1. The lowest BCUT2D eigenvalue weighted by molar-refractivity contribution is 0.100. The molecule has 0 saturated carbocycles. The van der Waals surface area contributed by atoms with Gasteiger partial charge in [-0.2, -0.15) is 0 Å². The summed E-state index contributed by atoms with van der Waals surface area (Å²) in [6, 6.07) is 7.33. The number of carbonyl (C=O) groups excluding carboxylic acids is 1. The third kappa shape index (κ3) is 2.23. The Bertz CT molecular complexity index is 538. The fourth-order valence-corrected chi connectivity index (χ4v) is 1.51. The van der Waals surface area contributed by atoms with Crippen molar-refractivity contribution in [3.63, 3.8) is 0 Å². The molecule has 0 unspecified atom stereocenters. The molecule has 0 aliphatic heterocycles. The maximum Gasteiger partial charge on any atom is 0.316 e. The molecule has 86 valence electrons. The molecule has 0 aliphatic carbocycles. The lowest BCUT2D eigenvalue weighted by Gasteiger charge is -2.06. The van der Waals surface area contributed by atoms with Crippen molar-refractivity contribution in [2.45, 2.75) is 0 Å². The molecule has 2 rings (SSSR count). The molecule has 0 bridgehead atoms. The first-order valence-electron chi connectivity index (χ1n) is 4.97. The molecular weight excluding hydrogens is 218 g/mol. The summed E-state index contributed by atoms with van der Waals surface area (Å²) >= 11 is 0. The zero-order valence-electron chi connectivity index (χ0n) is 9.25. The van der Waals surface area contributed by atoms with Crippen LogP contribution in [0.1, 0.15) is 10.4 Å². The van der Waals surface area contributed by atoms with Crippen molar-refractivity contribution in [2.75, 3.05) is 7.11 Å². The lowest BCUT2D eigenvalue weighted by atomic mass is 10.0. The Hall–Kier alpha value is -2.43. The van der Waals surface area contributed by atoms with E-state index < -0.39 is 5.91 Å². The van der Waals surface area contributed by atoms with Crippen LogP contribution in [0.25, 0.3) is 11.1 Å². The van der Waals surface area contributed by atoms with E-state index in [2.05, 4.69) is 9.97 Å². The maximum atomic E-state index is 11.3. The Morgan fingerprint density at radius 2 is 1.88 bits per heavy atom. The predicted molar refractivity (Wildman–Crippen MR) is 62.5 cm³/mol. The molecular formula is C12H11N3O2. The van der Waals surface area contributed by atoms with Crippen molar-refractivity contribution >= 4 is 5.91 Å². The molecule has 0 radical (unpaired) electrons. The molecule has 1 heterocycles. The summed E-state index contributed by atoms with van der Waals surface area (Å²) in [6.45, 7) is 0. The van der Waals surface area contributed by atoms with Gasteiger partial charge in [-0.1, -0.05) is 18.2 Å². The Morgan fingerprint density at radius 3 is 2.47 bits per heavy atom. The molecule has 0 fully saturated rings. The van der Waals surface area contributed by atoms with Gasteiger partial charge in [0, 0.05) is 23.5 Å². The third-order valence-corrected chi connectivity index (χ3v) is 2.31. The molecule has 2 N–H and O–H groups in total. The third-order valence-electron chi connectivity index (χ3n) is 2.31. The molecule has 0 aliphatic rings. The molecule has 0 spiro atoms. The molecule has 1 amide bonds. The smallest absolute Gasteiger partial charge is 0.316 e. The number of ether oxygens (including phenoxy) is 1. The van der Waals surface area contributed by atoms with Crippen LogP contribution in [0.4, 0.5) is 0 Å². The number of amides is 1. The topological polar surface area (TPSA) is 78.1 Å². The number of nitrogens with two attached hydrogens (primary N) is 1. The first kappa shape index (κ1) is 11.1. The summed E-state index contributed by atoms with van der Waals surface area (Å²) in [5, 5.41) is 0. The van der Waals surface area contributed by atoms with E-state index >= 15 is 0 Å². The van der Waals surface area contributed by atoms with Gasteiger partial charge in [-0.15, -0.1) is 0 Å². The Labute approximate surface area is 98.3 Å². The van der Waals surface area contributed by atoms with E-state index in [1.54, 1.807) is 30.6 Å². The molecule has 1 aromatic heterocycles. The summed E-state index contributed by atoms with van der Waals surface area (Å²) in [5.41, 5.74) is 7.18. The second-order valence-electron chi connectivity index (χ2n) is 3.37. The van der Waals surface area contributed by atoms with Gasteiger partial charge in [0.1, 0.15) is 0 Å². The van der Waals surface area contributed by atoms with Gasteiger partial charge < -0.3 is 10.5 Å². The summed E-state index contributed by atoms with van der Waals surface area (Å²) < 4.78 is 4.87. The van der Waals surface area contributed by atoms with E-state index in [0.29, 0.717) is 11.1 Å². The number of methoxy groups -OCH3 is 1. The molecule has 5 nitrogen and oxygen atoms in total. The zero-order chi connectivity index (χ0) is 12.3. The van der Waals surface area contributed by atoms with Gasteiger partial charge >= 0.3 is 6.01 Å². The largest absolute Gasteiger partial charge is 0.467 e. The highest BCUT2D eigenvalue weighted by atomic mass is 16.5. The number of nitrogens with zero attached hydrogens (tertiary/aromatic N) is 2. The molecule has 2 aromatic rings. The molecule has 1 aromatic carbocycles. The number of primary amides is 1. The Kier molecular flexibility index (Phi) is 3.00. The van der Waals surface area contributed by atoms with Gasteiger partial charge in [0.15, 0.2) is 0 Å². The Balaban J connectivity index is 2.48. The van der Waals surface area contributed by atoms with Crippen LogP contribution in [0.15, 0.2) is 36.7 Å². The fourth-order valence-electron chi connectivity index (χ4n) is 1.51. The highest BCUT2D eigenvalue weighted by molar-refractivity contribution is 5.99. The minimum absolute atomic E-state index is 0.283. The molecule has 17 heavy (non-hydrogen) atoms. The summed E-state index contributed by atoms with van der Waals surface area (Å²) in [6.07, 6.45) is 3.18. The van der Waals surface area contributed by atoms with Gasteiger partial charge in [-0.05, 0) is 11.6 Å². The van der Waals surface area contributed by atoms with E-state index in [-0.39, 0.29) is 6.01 Å². The van der Waals surface area contributed by atoms with Gasteiger partial charge in [0.25, 0.3) is 0 Å². The van der Waals surface area contributed by atoms with E-state index in [4.69, 9.17) is 10.5 Å². The van der Waals surface area contributed by atoms with Crippen molar-refractivity contribution < 1.29 is 9.53 Å². The van der Waals surface area contributed by atoms with Crippen LogP contribution in [0.3, 0.4) is 0 Å². The SMILES string of the molecule is COc1ncc(-c2ccccc2C(N)=O)cn1. The normalized spacial score (nSPS) is 9.94. The van der Waals surface area contributed by atoms with E-state index in [1.165, 1.54) is 7.11 Å². The predicted octanol–water partition coefficient (Wildman–Crippen LogP) is 1.25. The van der Waals surface area contributed by atoms with Crippen molar-refractivity contribution in [3.8, 4) is 17.1 Å². The number of hydrogen-bond donors (Lipinski definition) is 1. The van der Waals surface area contributed by atoms with Crippen LogP contribution in [-0.2, 0) is 0 Å². The van der Waals surface area contributed by atoms with Gasteiger partial charge in [-0.25, -0.2) is 9.97 Å². The first-order valence-corrected chi connectivity index (χ1v) is 4.97. The van der Waals surface area contributed by atoms with Crippen LogP contribution in [0, 0.1) is 0 Å². The number of aromatic nitrogens is 2. The number of carbonyl (C=O) groups is 1. The van der Waals surface area contributed by atoms with Crippen LogP contribution in [0.5, 0.6) is 6.01 Å². The number of rotatable bonds is 3. The monoisotopic (exact) mass is 229 g/mol. The summed E-state index contributed by atoms with van der Waals surface area (Å²) in [5.74, 6) is -0.476. The lowest BCUT2D eigenvalue weighted by Crippen LogP contribution is -2.12. The quantitative estimate of drug-likeness (QED) is 0.859. The van der Waals surface area contributed by atoms with Crippen LogP contribution >= 0.6 is 0 Å². The van der Waals surface area contributed by atoms with Crippen LogP contribution < -0.4 is 10.5 Å². The minimum Gasteiger partial charge on any atom is -0.467 e.